The minimum absolute atomic E-state index is 0.166. The largest absolute Gasteiger partial charge is 0.493 e. The number of nitrogens with zero attached hydrogens (tertiary/aromatic N) is 2. The highest BCUT2D eigenvalue weighted by atomic mass is 16.5. The number of ether oxygens (including phenoxy) is 2. The number of hydrogen-bond donors (Lipinski definition) is 0. The molecule has 1 aromatic carbocycles. The molecule has 1 heterocycles. The van der Waals surface area contributed by atoms with Crippen LogP contribution in [0.3, 0.4) is 0 Å². The average molecular weight is 306 g/mol. The van der Waals surface area contributed by atoms with Crippen LogP contribution in [-0.4, -0.2) is 55.1 Å². The molecule has 2 rings (SSSR count). The maximum atomic E-state index is 12.3. The number of benzene rings is 1. The number of urea groups is 1. The van der Waals surface area contributed by atoms with Crippen LogP contribution in [-0.2, 0) is 11.2 Å². The van der Waals surface area contributed by atoms with Crippen LogP contribution in [0.5, 0.6) is 11.5 Å². The van der Waals surface area contributed by atoms with E-state index in [1.807, 2.05) is 18.2 Å². The third-order valence-corrected chi connectivity index (χ3v) is 4.20. The number of rotatable bonds is 5. The van der Waals surface area contributed by atoms with E-state index in [1.54, 1.807) is 35.1 Å². The molecule has 0 atom stereocenters. The minimum atomic E-state index is -0.783. The zero-order valence-corrected chi connectivity index (χ0v) is 13.7. The van der Waals surface area contributed by atoms with Crippen LogP contribution in [0.4, 0.5) is 4.79 Å². The molecule has 0 unspecified atom stereocenters. The van der Waals surface area contributed by atoms with Gasteiger partial charge in [0.2, 0.25) is 0 Å². The van der Waals surface area contributed by atoms with Crippen LogP contribution in [0, 0.1) is 0 Å². The second kappa shape index (κ2) is 5.87. The van der Waals surface area contributed by atoms with Crippen molar-refractivity contribution in [3.63, 3.8) is 0 Å². The second-order valence-corrected chi connectivity index (χ2v) is 5.80. The summed E-state index contributed by atoms with van der Waals surface area (Å²) in [5, 5.41) is 0. The van der Waals surface area contributed by atoms with Gasteiger partial charge in [0.15, 0.2) is 11.5 Å². The first kappa shape index (κ1) is 16.1. The Bertz CT molecular complexity index is 598. The number of carbonyl (C=O) groups excluding carboxylic acids is 2. The van der Waals surface area contributed by atoms with Crippen LogP contribution in [0.1, 0.15) is 19.4 Å². The molecular formula is C16H22N2O4. The molecule has 6 heteroatoms. The van der Waals surface area contributed by atoms with Crippen molar-refractivity contribution in [3.8, 4) is 11.5 Å². The van der Waals surface area contributed by atoms with Gasteiger partial charge >= 0.3 is 6.03 Å². The lowest BCUT2D eigenvalue weighted by atomic mass is 10.0. The van der Waals surface area contributed by atoms with Crippen molar-refractivity contribution >= 4 is 11.9 Å². The molecular weight excluding hydrogens is 284 g/mol. The van der Waals surface area contributed by atoms with Crippen molar-refractivity contribution in [3.05, 3.63) is 23.8 Å². The zero-order chi connectivity index (χ0) is 16.5. The fraction of sp³-hybridized carbons (Fsp3) is 0.500. The summed E-state index contributed by atoms with van der Waals surface area (Å²) in [5.41, 5.74) is 0.194. The van der Waals surface area contributed by atoms with Crippen molar-refractivity contribution in [2.24, 2.45) is 0 Å². The fourth-order valence-corrected chi connectivity index (χ4v) is 2.46. The van der Waals surface area contributed by atoms with E-state index < -0.39 is 5.54 Å². The SMILES string of the molecule is COc1ccc(CCN2C(=O)N(C)C(C)(C)C2=O)cc1OC. The molecule has 1 aliphatic heterocycles. The molecule has 6 nitrogen and oxygen atoms in total. The molecule has 0 saturated carbocycles. The Morgan fingerprint density at radius 1 is 1.09 bits per heavy atom. The Balaban J connectivity index is 2.11. The maximum absolute atomic E-state index is 12.3. The highest BCUT2D eigenvalue weighted by molar-refractivity contribution is 6.06. The van der Waals surface area contributed by atoms with E-state index >= 15 is 0 Å². The normalized spacial score (nSPS) is 17.1. The van der Waals surface area contributed by atoms with Gasteiger partial charge in [0.05, 0.1) is 14.2 Å². The molecule has 1 aliphatic rings. The van der Waals surface area contributed by atoms with E-state index in [9.17, 15) is 9.59 Å². The number of amides is 3. The highest BCUT2D eigenvalue weighted by Gasteiger charge is 2.48. The standard InChI is InChI=1S/C16H22N2O4/c1-16(2)14(19)18(15(20)17(16)3)9-8-11-6-7-12(21-4)13(10-11)22-5/h6-7,10H,8-9H2,1-5H3. The Labute approximate surface area is 130 Å². The number of likely N-dealkylation sites (N-methyl/N-ethyl adjacent to an activating group) is 1. The van der Waals surface area contributed by atoms with E-state index in [1.165, 1.54) is 9.80 Å². The molecule has 3 amide bonds. The van der Waals surface area contributed by atoms with Gasteiger partial charge in [-0.05, 0) is 38.0 Å². The molecule has 22 heavy (non-hydrogen) atoms. The smallest absolute Gasteiger partial charge is 0.327 e. The molecule has 0 aliphatic carbocycles. The molecule has 0 spiro atoms. The molecule has 1 aromatic rings. The summed E-state index contributed by atoms with van der Waals surface area (Å²) < 4.78 is 10.5. The number of imide groups is 1. The predicted octanol–water partition coefficient (Wildman–Crippen LogP) is 1.92. The quantitative estimate of drug-likeness (QED) is 0.780. The molecule has 120 valence electrons. The number of methoxy groups -OCH3 is 2. The average Bonchev–Trinajstić information content (AvgIpc) is 2.66. The van der Waals surface area contributed by atoms with Crippen molar-refractivity contribution in [1.82, 2.24) is 9.80 Å². The molecule has 0 aromatic heterocycles. The zero-order valence-electron chi connectivity index (χ0n) is 13.7. The van der Waals surface area contributed by atoms with E-state index in [-0.39, 0.29) is 11.9 Å². The van der Waals surface area contributed by atoms with E-state index in [4.69, 9.17) is 9.47 Å². The van der Waals surface area contributed by atoms with Gasteiger partial charge in [0, 0.05) is 13.6 Å². The Hall–Kier alpha value is -2.24. The van der Waals surface area contributed by atoms with E-state index in [2.05, 4.69) is 0 Å². The Morgan fingerprint density at radius 2 is 1.73 bits per heavy atom. The van der Waals surface area contributed by atoms with Gasteiger partial charge in [-0.25, -0.2) is 4.79 Å². The first-order valence-electron chi connectivity index (χ1n) is 7.13. The summed E-state index contributed by atoms with van der Waals surface area (Å²) in [6.07, 6.45) is 0.571. The predicted molar refractivity (Wildman–Crippen MR) is 82.2 cm³/mol. The van der Waals surface area contributed by atoms with Crippen molar-refractivity contribution in [2.75, 3.05) is 27.8 Å². The molecule has 1 saturated heterocycles. The Morgan fingerprint density at radius 3 is 2.23 bits per heavy atom. The fourth-order valence-electron chi connectivity index (χ4n) is 2.46. The van der Waals surface area contributed by atoms with Gasteiger partial charge in [-0.2, -0.15) is 0 Å². The second-order valence-electron chi connectivity index (χ2n) is 5.80. The Kier molecular flexibility index (Phi) is 4.30. The van der Waals surface area contributed by atoms with E-state index in [0.717, 1.165) is 5.56 Å². The van der Waals surface area contributed by atoms with Crippen LogP contribution in [0.15, 0.2) is 18.2 Å². The molecule has 1 fully saturated rings. The van der Waals surface area contributed by atoms with Crippen LogP contribution in [0.25, 0.3) is 0 Å². The van der Waals surface area contributed by atoms with Gasteiger partial charge < -0.3 is 14.4 Å². The summed E-state index contributed by atoms with van der Waals surface area (Å²) in [6, 6.07) is 5.33. The van der Waals surface area contributed by atoms with Gasteiger partial charge in [-0.15, -0.1) is 0 Å². The van der Waals surface area contributed by atoms with Crippen molar-refractivity contribution in [1.29, 1.82) is 0 Å². The highest BCUT2D eigenvalue weighted by Crippen LogP contribution is 2.29. The monoisotopic (exact) mass is 306 g/mol. The van der Waals surface area contributed by atoms with Gasteiger partial charge in [-0.1, -0.05) is 6.07 Å². The number of hydrogen-bond acceptors (Lipinski definition) is 4. The summed E-state index contributed by atoms with van der Waals surface area (Å²) >= 11 is 0. The summed E-state index contributed by atoms with van der Waals surface area (Å²) in [7, 11) is 4.81. The lowest BCUT2D eigenvalue weighted by Crippen LogP contribution is -2.41. The maximum Gasteiger partial charge on any atom is 0.327 e. The van der Waals surface area contributed by atoms with Gasteiger partial charge in [-0.3, -0.25) is 9.69 Å². The van der Waals surface area contributed by atoms with Crippen LogP contribution >= 0.6 is 0 Å². The summed E-state index contributed by atoms with van der Waals surface area (Å²) in [6.45, 7) is 3.86. The first-order chi connectivity index (χ1) is 10.3. The van der Waals surface area contributed by atoms with Crippen LogP contribution in [0.2, 0.25) is 0 Å². The van der Waals surface area contributed by atoms with Crippen LogP contribution < -0.4 is 9.47 Å². The first-order valence-corrected chi connectivity index (χ1v) is 7.13. The van der Waals surface area contributed by atoms with Crippen molar-refractivity contribution in [2.45, 2.75) is 25.8 Å². The third-order valence-electron chi connectivity index (χ3n) is 4.20. The lowest BCUT2D eigenvalue weighted by molar-refractivity contribution is -0.131. The van der Waals surface area contributed by atoms with E-state index in [0.29, 0.717) is 24.5 Å². The third kappa shape index (κ3) is 2.61. The summed E-state index contributed by atoms with van der Waals surface area (Å²) in [5.74, 6) is 1.12. The molecule has 0 radical (unpaired) electrons. The topological polar surface area (TPSA) is 59.1 Å². The van der Waals surface area contributed by atoms with Gasteiger partial charge in [0.25, 0.3) is 5.91 Å². The summed E-state index contributed by atoms with van der Waals surface area (Å²) in [4.78, 5) is 27.3. The van der Waals surface area contributed by atoms with Gasteiger partial charge in [0.1, 0.15) is 5.54 Å². The lowest BCUT2D eigenvalue weighted by Gasteiger charge is -2.22. The minimum Gasteiger partial charge on any atom is -0.493 e. The molecule has 0 bridgehead atoms. The van der Waals surface area contributed by atoms with Crippen molar-refractivity contribution < 1.29 is 19.1 Å². The molecule has 0 N–H and O–H groups in total. The number of carbonyl (C=O) groups is 2.